The fraction of sp³-hybridized carbons (Fsp3) is 0.882. The van der Waals surface area contributed by atoms with Crippen LogP contribution in [-0.4, -0.2) is 24.8 Å². The first kappa shape index (κ1) is 20.1. The van der Waals surface area contributed by atoms with Crippen LogP contribution in [0.1, 0.15) is 84.0 Å². The molecule has 0 aliphatic carbocycles. The average molecular weight is 298 g/mol. The molecule has 4 nitrogen and oxygen atoms in total. The van der Waals surface area contributed by atoms with E-state index in [1.807, 2.05) is 0 Å². The number of hydrogen-bond donors (Lipinski definition) is 2. The summed E-state index contributed by atoms with van der Waals surface area (Å²) in [5.41, 5.74) is 5.05. The number of esters is 1. The number of carbonyl (C=O) groups excluding carboxylic acids is 1. The van der Waals surface area contributed by atoms with Gasteiger partial charge in [-0.2, -0.15) is 0 Å². The Balaban J connectivity index is 3.12. The van der Waals surface area contributed by atoms with Crippen LogP contribution in [0.3, 0.4) is 0 Å². The van der Waals surface area contributed by atoms with Crippen LogP contribution in [0.25, 0.3) is 0 Å². The molecule has 0 atom stereocenters. The normalized spacial score (nSPS) is 10.6. The summed E-state index contributed by atoms with van der Waals surface area (Å²) in [7, 11) is 0. The number of hydrogen-bond acceptors (Lipinski definition) is 4. The van der Waals surface area contributed by atoms with Gasteiger partial charge in [-0.15, -0.1) is 0 Å². The van der Waals surface area contributed by atoms with E-state index < -0.39 is 5.97 Å². The van der Waals surface area contributed by atoms with Crippen molar-refractivity contribution < 1.29 is 9.53 Å². The van der Waals surface area contributed by atoms with E-state index >= 15 is 0 Å². The molecule has 0 saturated heterocycles. The van der Waals surface area contributed by atoms with Gasteiger partial charge in [0.15, 0.2) is 0 Å². The predicted octanol–water partition coefficient (Wildman–Crippen LogP) is 4.21. The number of carbonyl (C=O) groups is 1. The van der Waals surface area contributed by atoms with E-state index in [4.69, 9.17) is 15.9 Å². The minimum Gasteiger partial charge on any atom is -0.461 e. The number of rotatable bonds is 15. The predicted molar refractivity (Wildman–Crippen MR) is 88.8 cm³/mol. The zero-order chi connectivity index (χ0) is 15.8. The van der Waals surface area contributed by atoms with Crippen molar-refractivity contribution >= 4 is 11.7 Å². The lowest BCUT2D eigenvalue weighted by atomic mass is 10.1. The van der Waals surface area contributed by atoms with Gasteiger partial charge in [-0.25, -0.2) is 4.79 Å². The minimum atomic E-state index is -0.569. The van der Waals surface area contributed by atoms with Crippen LogP contribution in [0, 0.1) is 5.41 Å². The summed E-state index contributed by atoms with van der Waals surface area (Å²) in [5, 5.41) is 7.21. The van der Waals surface area contributed by atoms with E-state index in [9.17, 15) is 4.79 Å². The SMILES string of the molecule is CCCCCCCCCCCCCCOC(=O)C(=N)CN. The van der Waals surface area contributed by atoms with Crippen molar-refractivity contribution in [2.24, 2.45) is 5.73 Å². The van der Waals surface area contributed by atoms with Gasteiger partial charge in [0.2, 0.25) is 0 Å². The summed E-state index contributed by atoms with van der Waals surface area (Å²) in [6.45, 7) is 2.62. The Bertz CT molecular complexity index is 268. The summed E-state index contributed by atoms with van der Waals surface area (Å²) in [5.74, 6) is -0.569. The molecule has 0 aliphatic heterocycles. The van der Waals surface area contributed by atoms with Gasteiger partial charge >= 0.3 is 5.97 Å². The van der Waals surface area contributed by atoms with Crippen molar-refractivity contribution in [1.29, 1.82) is 5.41 Å². The quantitative estimate of drug-likeness (QED) is 0.270. The third-order valence-corrected chi connectivity index (χ3v) is 3.68. The molecule has 0 aromatic carbocycles. The number of nitrogens with two attached hydrogens (primary N) is 1. The zero-order valence-corrected chi connectivity index (χ0v) is 13.8. The lowest BCUT2D eigenvalue weighted by molar-refractivity contribution is -0.135. The Morgan fingerprint density at radius 2 is 1.29 bits per heavy atom. The summed E-state index contributed by atoms with van der Waals surface area (Å²) < 4.78 is 4.94. The second kappa shape index (κ2) is 15.5. The van der Waals surface area contributed by atoms with Crippen LogP contribution >= 0.6 is 0 Å². The summed E-state index contributed by atoms with van der Waals surface area (Å²) in [6, 6.07) is 0. The minimum absolute atomic E-state index is 0.0444. The molecule has 0 aromatic heterocycles. The van der Waals surface area contributed by atoms with Gasteiger partial charge in [0.05, 0.1) is 6.61 Å². The molecule has 0 radical (unpaired) electrons. The molecule has 0 bridgehead atoms. The van der Waals surface area contributed by atoms with Gasteiger partial charge in [-0.3, -0.25) is 5.41 Å². The van der Waals surface area contributed by atoms with Crippen molar-refractivity contribution in [2.75, 3.05) is 13.2 Å². The first-order valence-electron chi connectivity index (χ1n) is 8.67. The topological polar surface area (TPSA) is 76.2 Å². The van der Waals surface area contributed by atoms with E-state index in [0.29, 0.717) is 6.61 Å². The standard InChI is InChI=1S/C17H34N2O2/c1-2-3-4-5-6-7-8-9-10-11-12-13-14-21-17(20)16(19)15-18/h19H,2-15,18H2,1H3. The first-order valence-corrected chi connectivity index (χ1v) is 8.67. The summed E-state index contributed by atoms with van der Waals surface area (Å²) >= 11 is 0. The summed E-state index contributed by atoms with van der Waals surface area (Å²) in [4.78, 5) is 11.1. The Hall–Kier alpha value is -0.900. The number of unbranched alkanes of at least 4 members (excludes halogenated alkanes) is 11. The maximum absolute atomic E-state index is 11.1. The molecule has 4 heteroatoms. The highest BCUT2D eigenvalue weighted by molar-refractivity contribution is 6.35. The Labute approximate surface area is 130 Å². The van der Waals surface area contributed by atoms with Crippen molar-refractivity contribution in [3.8, 4) is 0 Å². The summed E-state index contributed by atoms with van der Waals surface area (Å²) in [6.07, 6.45) is 15.4. The van der Waals surface area contributed by atoms with Gasteiger partial charge in [-0.1, -0.05) is 77.6 Å². The molecular formula is C17H34N2O2. The van der Waals surface area contributed by atoms with E-state index in [1.165, 1.54) is 64.2 Å². The Kier molecular flexibility index (Phi) is 14.8. The lowest BCUT2D eigenvalue weighted by Gasteiger charge is -2.05. The largest absolute Gasteiger partial charge is 0.461 e. The molecule has 0 amide bonds. The molecule has 21 heavy (non-hydrogen) atoms. The highest BCUT2D eigenvalue weighted by Gasteiger charge is 2.07. The van der Waals surface area contributed by atoms with E-state index in [-0.39, 0.29) is 12.3 Å². The average Bonchev–Trinajstić information content (AvgIpc) is 2.50. The van der Waals surface area contributed by atoms with Gasteiger partial charge in [-0.05, 0) is 6.42 Å². The van der Waals surface area contributed by atoms with Crippen molar-refractivity contribution in [1.82, 2.24) is 0 Å². The van der Waals surface area contributed by atoms with Crippen molar-refractivity contribution in [3.05, 3.63) is 0 Å². The molecular weight excluding hydrogens is 264 g/mol. The molecule has 0 rings (SSSR count). The van der Waals surface area contributed by atoms with Gasteiger partial charge in [0.25, 0.3) is 0 Å². The highest BCUT2D eigenvalue weighted by atomic mass is 16.5. The molecule has 3 N–H and O–H groups in total. The third kappa shape index (κ3) is 13.8. The fourth-order valence-electron chi connectivity index (χ4n) is 2.28. The maximum Gasteiger partial charge on any atom is 0.353 e. The van der Waals surface area contributed by atoms with E-state index in [1.54, 1.807) is 0 Å². The molecule has 0 aromatic rings. The molecule has 0 saturated carbocycles. The molecule has 0 fully saturated rings. The first-order chi connectivity index (χ1) is 10.2. The van der Waals surface area contributed by atoms with Crippen LogP contribution in [-0.2, 0) is 9.53 Å². The van der Waals surface area contributed by atoms with E-state index in [2.05, 4.69) is 6.92 Å². The fourth-order valence-corrected chi connectivity index (χ4v) is 2.28. The molecule has 0 unspecified atom stereocenters. The van der Waals surface area contributed by atoms with Crippen molar-refractivity contribution in [2.45, 2.75) is 84.0 Å². The third-order valence-electron chi connectivity index (χ3n) is 3.68. The van der Waals surface area contributed by atoms with Gasteiger partial charge < -0.3 is 10.5 Å². The van der Waals surface area contributed by atoms with E-state index in [0.717, 1.165) is 12.8 Å². The van der Waals surface area contributed by atoms with Crippen LogP contribution in [0.15, 0.2) is 0 Å². The molecule has 124 valence electrons. The van der Waals surface area contributed by atoms with Crippen LogP contribution in [0.4, 0.5) is 0 Å². The van der Waals surface area contributed by atoms with Crippen LogP contribution < -0.4 is 5.73 Å². The lowest BCUT2D eigenvalue weighted by Crippen LogP contribution is -2.24. The highest BCUT2D eigenvalue weighted by Crippen LogP contribution is 2.11. The van der Waals surface area contributed by atoms with Crippen LogP contribution in [0.2, 0.25) is 0 Å². The van der Waals surface area contributed by atoms with Gasteiger partial charge in [0, 0.05) is 6.54 Å². The second-order valence-corrected chi connectivity index (χ2v) is 5.71. The number of nitrogens with one attached hydrogen (secondary N) is 1. The Morgan fingerprint density at radius 1 is 0.857 bits per heavy atom. The molecule has 0 aliphatic rings. The Morgan fingerprint density at radius 3 is 1.71 bits per heavy atom. The monoisotopic (exact) mass is 298 g/mol. The van der Waals surface area contributed by atoms with Crippen LogP contribution in [0.5, 0.6) is 0 Å². The number of ether oxygens (including phenoxy) is 1. The second-order valence-electron chi connectivity index (χ2n) is 5.71. The van der Waals surface area contributed by atoms with Crippen molar-refractivity contribution in [3.63, 3.8) is 0 Å². The zero-order valence-electron chi connectivity index (χ0n) is 13.8. The smallest absolute Gasteiger partial charge is 0.353 e. The van der Waals surface area contributed by atoms with Gasteiger partial charge in [0.1, 0.15) is 5.71 Å². The molecule has 0 spiro atoms. The molecule has 0 heterocycles. The maximum atomic E-state index is 11.1.